The molecule has 1 heterocycles. The third-order valence-electron chi connectivity index (χ3n) is 5.59. The molecule has 0 saturated carbocycles. The number of rotatable bonds is 10. The van der Waals surface area contributed by atoms with Gasteiger partial charge in [-0.15, -0.1) is 0 Å². The van der Waals surface area contributed by atoms with E-state index in [1.165, 1.54) is 13.1 Å². The van der Waals surface area contributed by atoms with E-state index in [0.717, 1.165) is 10.8 Å². The first kappa shape index (κ1) is 26.3. The van der Waals surface area contributed by atoms with Crippen molar-refractivity contribution >= 4 is 24.5 Å². The van der Waals surface area contributed by atoms with Gasteiger partial charge >= 0.3 is 13.7 Å². The fraction of sp³-hybridized carbons (Fsp3) is 0.185. The first-order valence-corrected chi connectivity index (χ1v) is 13.1. The molecule has 2 atom stereocenters. The summed E-state index contributed by atoms with van der Waals surface area (Å²) in [7, 11) is -4.16. The number of hydrogen-bond acceptors (Lipinski definition) is 8. The third kappa shape index (κ3) is 6.53. The van der Waals surface area contributed by atoms with Gasteiger partial charge in [-0.3, -0.25) is 9.51 Å². The maximum Gasteiger partial charge on any atom is 0.459 e. The number of hydrogen-bond donors (Lipinski definition) is 3. The zero-order chi connectivity index (χ0) is 26.4. The van der Waals surface area contributed by atoms with E-state index in [1.54, 1.807) is 49.4 Å². The van der Waals surface area contributed by atoms with Crippen LogP contribution in [0.5, 0.6) is 17.2 Å². The minimum Gasteiger partial charge on any atom is -0.506 e. The van der Waals surface area contributed by atoms with E-state index in [4.69, 9.17) is 13.8 Å². The largest absolute Gasteiger partial charge is 0.506 e. The molecule has 0 radical (unpaired) electrons. The van der Waals surface area contributed by atoms with Crippen molar-refractivity contribution in [3.63, 3.8) is 0 Å². The van der Waals surface area contributed by atoms with Crippen molar-refractivity contribution in [1.29, 1.82) is 0 Å². The zero-order valence-electron chi connectivity index (χ0n) is 20.3. The normalized spacial score (nSPS) is 13.6. The van der Waals surface area contributed by atoms with Crippen LogP contribution in [0.1, 0.15) is 23.7 Å². The molecule has 0 aliphatic carbocycles. The number of nitrogens with one attached hydrogen (secondary N) is 1. The van der Waals surface area contributed by atoms with Gasteiger partial charge in [0.15, 0.2) is 0 Å². The van der Waals surface area contributed by atoms with Crippen LogP contribution in [-0.4, -0.2) is 27.2 Å². The predicted molar refractivity (Wildman–Crippen MR) is 138 cm³/mol. The van der Waals surface area contributed by atoms with E-state index >= 15 is 0 Å². The molecule has 192 valence electrons. The average Bonchev–Trinajstić information content (AvgIpc) is 2.89. The van der Waals surface area contributed by atoms with Crippen LogP contribution in [0.15, 0.2) is 79.0 Å². The van der Waals surface area contributed by atoms with Crippen LogP contribution in [0.25, 0.3) is 10.8 Å². The number of esters is 1. The summed E-state index contributed by atoms with van der Waals surface area (Å²) >= 11 is 0. The second-order valence-corrected chi connectivity index (χ2v) is 10.0. The van der Waals surface area contributed by atoms with E-state index < -0.39 is 26.4 Å². The summed E-state index contributed by atoms with van der Waals surface area (Å²) in [5.74, 6) is -0.282. The summed E-state index contributed by atoms with van der Waals surface area (Å²) in [5.41, 5.74) is 0.845. The highest BCUT2D eigenvalue weighted by atomic mass is 31.2. The number of nitrogens with zero attached hydrogens (tertiary/aromatic N) is 1. The fourth-order valence-corrected chi connectivity index (χ4v) is 5.04. The van der Waals surface area contributed by atoms with Gasteiger partial charge in [-0.25, -0.2) is 9.36 Å². The van der Waals surface area contributed by atoms with Gasteiger partial charge in [0.1, 0.15) is 23.3 Å². The lowest BCUT2D eigenvalue weighted by atomic mass is 10.1. The monoisotopic (exact) mass is 522 g/mol. The molecule has 10 heteroatoms. The van der Waals surface area contributed by atoms with Gasteiger partial charge in [0.05, 0.1) is 18.9 Å². The van der Waals surface area contributed by atoms with E-state index in [1.807, 2.05) is 30.3 Å². The van der Waals surface area contributed by atoms with Crippen molar-refractivity contribution in [3.05, 3.63) is 95.8 Å². The number of aliphatic hydroxyl groups is 1. The second-order valence-electron chi connectivity index (χ2n) is 8.31. The summed E-state index contributed by atoms with van der Waals surface area (Å²) in [6.45, 7) is 2.28. The second kappa shape index (κ2) is 11.5. The van der Waals surface area contributed by atoms with Gasteiger partial charge in [-0.05, 0) is 48.9 Å². The van der Waals surface area contributed by atoms with Crippen molar-refractivity contribution < 1.29 is 33.4 Å². The van der Waals surface area contributed by atoms with E-state index in [2.05, 4.69) is 10.1 Å². The minimum atomic E-state index is -4.16. The minimum absolute atomic E-state index is 0.178. The van der Waals surface area contributed by atoms with Gasteiger partial charge < -0.3 is 19.5 Å². The number of para-hydroxylation sites is 1. The van der Waals surface area contributed by atoms with Gasteiger partial charge in [0.25, 0.3) is 0 Å². The molecule has 0 aliphatic rings. The summed E-state index contributed by atoms with van der Waals surface area (Å²) in [6.07, 6.45) is 1.41. The molecule has 4 rings (SSSR count). The number of pyridine rings is 1. The number of carbonyl (C=O) groups is 1. The molecule has 37 heavy (non-hydrogen) atoms. The number of fused-ring (bicyclic) bond motifs is 1. The average molecular weight is 522 g/mol. The highest BCUT2D eigenvalue weighted by Crippen LogP contribution is 2.46. The molecule has 9 nitrogen and oxygen atoms in total. The topological polar surface area (TPSA) is 127 Å². The quantitative estimate of drug-likeness (QED) is 0.149. The molecule has 4 aromatic rings. The highest BCUT2D eigenvalue weighted by molar-refractivity contribution is 7.52. The number of benzene rings is 3. The predicted octanol–water partition coefficient (Wildman–Crippen LogP) is 5.03. The maximum atomic E-state index is 13.7. The Hall–Kier alpha value is -3.75. The van der Waals surface area contributed by atoms with Crippen LogP contribution >= 0.6 is 7.75 Å². The molecule has 0 amide bonds. The Bertz CT molecular complexity index is 1450. The molecule has 0 saturated heterocycles. The van der Waals surface area contributed by atoms with Crippen LogP contribution < -0.4 is 14.3 Å². The summed E-state index contributed by atoms with van der Waals surface area (Å²) in [6, 6.07) is 20.2. The molecule has 3 N–H and O–H groups in total. The lowest BCUT2D eigenvalue weighted by molar-refractivity contribution is -0.135. The molecule has 0 spiro atoms. The molecule has 1 aromatic heterocycles. The first-order chi connectivity index (χ1) is 17.8. The van der Waals surface area contributed by atoms with Crippen LogP contribution in [0.2, 0.25) is 0 Å². The van der Waals surface area contributed by atoms with Crippen molar-refractivity contribution in [2.75, 3.05) is 0 Å². The highest BCUT2D eigenvalue weighted by Gasteiger charge is 2.33. The number of carbonyl (C=O) groups excluding carboxylic acids is 1. The summed E-state index contributed by atoms with van der Waals surface area (Å²) in [4.78, 5) is 16.9. The van der Waals surface area contributed by atoms with Crippen molar-refractivity contribution in [3.8, 4) is 17.2 Å². The Kier molecular flexibility index (Phi) is 8.21. The zero-order valence-corrected chi connectivity index (χ0v) is 21.2. The van der Waals surface area contributed by atoms with Gasteiger partial charge in [-0.1, -0.05) is 48.5 Å². The molecule has 0 aliphatic heterocycles. The molecule has 0 fully saturated rings. The van der Waals surface area contributed by atoms with Gasteiger partial charge in [-0.2, -0.15) is 5.09 Å². The van der Waals surface area contributed by atoms with Crippen LogP contribution in [-0.2, 0) is 27.1 Å². The lowest BCUT2D eigenvalue weighted by Crippen LogP contribution is -2.36. The fourth-order valence-electron chi connectivity index (χ4n) is 3.57. The van der Waals surface area contributed by atoms with E-state index in [9.17, 15) is 19.6 Å². The summed E-state index contributed by atoms with van der Waals surface area (Å²) < 4.78 is 30.5. The smallest absolute Gasteiger partial charge is 0.459 e. The number of aryl methyl sites for hydroxylation is 1. The molecular formula is C27H27N2O7P. The number of ether oxygens (including phenoxy) is 1. The van der Waals surface area contributed by atoms with E-state index in [-0.39, 0.29) is 23.7 Å². The van der Waals surface area contributed by atoms with Crippen LogP contribution in [0, 0.1) is 6.92 Å². The Balaban J connectivity index is 1.52. The van der Waals surface area contributed by atoms with Gasteiger partial charge in [0, 0.05) is 17.3 Å². The lowest BCUT2D eigenvalue weighted by Gasteiger charge is -2.23. The summed E-state index contributed by atoms with van der Waals surface area (Å²) in [5, 5.41) is 24.4. The van der Waals surface area contributed by atoms with Crippen LogP contribution in [0.4, 0.5) is 0 Å². The van der Waals surface area contributed by atoms with E-state index in [0.29, 0.717) is 17.0 Å². The van der Waals surface area contributed by atoms with Crippen LogP contribution in [0.3, 0.4) is 0 Å². The number of aliphatic hydroxyl groups excluding tert-OH is 1. The standard InChI is InChI=1S/C27H27N2O7P/c1-18-26(31)25(16-30)22(15-28-18)17-34-37(33,36-23-10-4-3-5-11-23)29-19(2)27(32)35-24-13-12-20-8-6-7-9-21(20)14-24/h3-15,19,30-31H,16-17H2,1-2H3,(H,29,33). The Morgan fingerprint density at radius 2 is 1.73 bits per heavy atom. The van der Waals surface area contributed by atoms with Gasteiger partial charge in [0.2, 0.25) is 0 Å². The SMILES string of the molecule is Cc1ncc(COP(=O)(NC(C)C(=O)Oc2ccc3ccccc3c2)Oc2ccccc2)c(CO)c1O. The Labute approximate surface area is 214 Å². The third-order valence-corrected chi connectivity index (χ3v) is 7.22. The Morgan fingerprint density at radius 3 is 2.46 bits per heavy atom. The molecular weight excluding hydrogens is 495 g/mol. The Morgan fingerprint density at radius 1 is 1.03 bits per heavy atom. The van der Waals surface area contributed by atoms with Crippen molar-refractivity contribution in [1.82, 2.24) is 10.1 Å². The number of aromatic hydroxyl groups is 1. The first-order valence-electron chi connectivity index (χ1n) is 11.5. The maximum absolute atomic E-state index is 13.7. The molecule has 3 aromatic carbocycles. The molecule has 2 unspecified atom stereocenters. The van der Waals surface area contributed by atoms with Crippen molar-refractivity contribution in [2.24, 2.45) is 0 Å². The molecule has 0 bridgehead atoms. The number of aromatic nitrogens is 1. The van der Waals surface area contributed by atoms with Crippen molar-refractivity contribution in [2.45, 2.75) is 33.1 Å².